The van der Waals surface area contributed by atoms with E-state index in [4.69, 9.17) is 0 Å². The predicted molar refractivity (Wildman–Crippen MR) is 91.0 cm³/mol. The second-order valence-corrected chi connectivity index (χ2v) is 8.11. The van der Waals surface area contributed by atoms with Gasteiger partial charge in [0.1, 0.15) is 0 Å². The summed E-state index contributed by atoms with van der Waals surface area (Å²) in [4.78, 5) is 2.69. The van der Waals surface area contributed by atoms with Gasteiger partial charge in [-0.2, -0.15) is 0 Å². The molecule has 0 atom stereocenters. The summed E-state index contributed by atoms with van der Waals surface area (Å²) in [5.41, 5.74) is 1.74. The van der Waals surface area contributed by atoms with Crippen LogP contribution in [0.1, 0.15) is 65.2 Å². The lowest BCUT2D eigenvalue weighted by molar-refractivity contribution is 0.229. The summed E-state index contributed by atoms with van der Waals surface area (Å²) in [7, 11) is 0.185. The van der Waals surface area contributed by atoms with Gasteiger partial charge >= 0.3 is 0 Å². The Kier molecular flexibility index (Phi) is 10.5. The Morgan fingerprint density at radius 1 is 1.05 bits per heavy atom. The van der Waals surface area contributed by atoms with E-state index in [0.717, 1.165) is 0 Å². The van der Waals surface area contributed by atoms with Gasteiger partial charge in [-0.15, -0.1) is 0 Å². The average Bonchev–Trinajstić information content (AvgIpc) is 2.44. The maximum Gasteiger partial charge on any atom is 0.0240 e. The first-order valence-corrected chi connectivity index (χ1v) is 10.8. The van der Waals surface area contributed by atoms with Crippen molar-refractivity contribution in [2.75, 3.05) is 19.6 Å². The smallest absolute Gasteiger partial charge is 0.0240 e. The summed E-state index contributed by atoms with van der Waals surface area (Å²) in [6.07, 6.45) is 13.7. The van der Waals surface area contributed by atoms with Crippen LogP contribution in [-0.2, 0) is 0 Å². The molecular formula is C17H35NSi. The Morgan fingerprint density at radius 2 is 1.74 bits per heavy atom. The van der Waals surface area contributed by atoms with Crippen LogP contribution < -0.4 is 0 Å². The molecule has 0 aliphatic carbocycles. The molecule has 1 aliphatic rings. The standard InChI is InChI=1S/C17H35NSi/c1-3-9-17(10-4-2)11-16-19-15-8-14-18-12-6-5-7-13-18/h11H,3-10,12-16,19H2,1-2H3. The summed E-state index contributed by atoms with van der Waals surface area (Å²) in [5.74, 6) is 0. The molecule has 1 saturated heterocycles. The quantitative estimate of drug-likeness (QED) is 0.326. The van der Waals surface area contributed by atoms with Gasteiger partial charge < -0.3 is 4.90 Å². The third-order valence-corrected chi connectivity index (χ3v) is 5.90. The monoisotopic (exact) mass is 281 g/mol. The number of rotatable bonds is 10. The number of allylic oxidation sites excluding steroid dienone is 2. The van der Waals surface area contributed by atoms with Crippen LogP contribution in [0.4, 0.5) is 0 Å². The average molecular weight is 282 g/mol. The second kappa shape index (κ2) is 11.7. The lowest BCUT2D eigenvalue weighted by atomic mass is 10.1. The van der Waals surface area contributed by atoms with E-state index in [1.807, 2.05) is 0 Å². The van der Waals surface area contributed by atoms with Gasteiger partial charge in [-0.3, -0.25) is 0 Å². The van der Waals surface area contributed by atoms with E-state index in [0.29, 0.717) is 0 Å². The van der Waals surface area contributed by atoms with E-state index in [1.165, 1.54) is 77.0 Å². The summed E-state index contributed by atoms with van der Waals surface area (Å²) in [5, 5.41) is 0. The summed E-state index contributed by atoms with van der Waals surface area (Å²) in [6, 6.07) is 3.01. The number of hydrogen-bond donors (Lipinski definition) is 0. The molecule has 0 aromatic heterocycles. The van der Waals surface area contributed by atoms with Crippen LogP contribution in [0.15, 0.2) is 11.6 Å². The molecule has 0 spiro atoms. The zero-order chi connectivity index (χ0) is 13.8. The first-order valence-electron chi connectivity index (χ1n) is 8.77. The van der Waals surface area contributed by atoms with Crippen molar-refractivity contribution < 1.29 is 0 Å². The van der Waals surface area contributed by atoms with Crippen molar-refractivity contribution in [3.8, 4) is 0 Å². The molecule has 0 aromatic carbocycles. The highest BCUT2D eigenvalue weighted by Gasteiger charge is 2.08. The Bertz CT molecular complexity index is 223. The maximum atomic E-state index is 2.69. The first kappa shape index (κ1) is 17.0. The van der Waals surface area contributed by atoms with Crippen molar-refractivity contribution in [1.82, 2.24) is 4.90 Å². The summed E-state index contributed by atoms with van der Waals surface area (Å²) >= 11 is 0. The van der Waals surface area contributed by atoms with Crippen LogP contribution in [-0.4, -0.2) is 34.1 Å². The SMILES string of the molecule is CCCC(=CC[SiH2]CCCN1CCCCC1)CCC. The van der Waals surface area contributed by atoms with Gasteiger partial charge in [0, 0.05) is 9.52 Å². The lowest BCUT2D eigenvalue weighted by Gasteiger charge is -2.26. The Hall–Kier alpha value is -0.0831. The molecule has 0 saturated carbocycles. The number of nitrogens with zero attached hydrogens (tertiary/aromatic N) is 1. The molecule has 0 radical (unpaired) electrons. The Morgan fingerprint density at radius 3 is 2.37 bits per heavy atom. The fourth-order valence-corrected chi connectivity index (χ4v) is 4.60. The van der Waals surface area contributed by atoms with Gasteiger partial charge in [-0.25, -0.2) is 0 Å². The van der Waals surface area contributed by atoms with E-state index >= 15 is 0 Å². The van der Waals surface area contributed by atoms with Gasteiger partial charge in [-0.05, 0) is 57.8 Å². The van der Waals surface area contributed by atoms with E-state index < -0.39 is 0 Å². The molecular weight excluding hydrogens is 246 g/mol. The topological polar surface area (TPSA) is 3.24 Å². The minimum absolute atomic E-state index is 0.185. The van der Waals surface area contributed by atoms with Crippen molar-refractivity contribution in [3.05, 3.63) is 11.6 Å². The number of hydrogen-bond acceptors (Lipinski definition) is 1. The molecule has 2 heteroatoms. The van der Waals surface area contributed by atoms with E-state index in [-0.39, 0.29) is 9.52 Å². The molecule has 1 rings (SSSR count). The minimum Gasteiger partial charge on any atom is -0.303 e. The zero-order valence-corrected chi connectivity index (χ0v) is 14.8. The fraction of sp³-hybridized carbons (Fsp3) is 0.882. The van der Waals surface area contributed by atoms with Crippen LogP contribution >= 0.6 is 0 Å². The van der Waals surface area contributed by atoms with Gasteiger partial charge in [-0.1, -0.05) is 50.8 Å². The molecule has 0 bridgehead atoms. The summed E-state index contributed by atoms with van der Waals surface area (Å²) < 4.78 is 0. The van der Waals surface area contributed by atoms with Crippen molar-refractivity contribution in [1.29, 1.82) is 0 Å². The van der Waals surface area contributed by atoms with Crippen LogP contribution in [0.3, 0.4) is 0 Å². The number of likely N-dealkylation sites (tertiary alicyclic amines) is 1. The minimum atomic E-state index is 0.185. The predicted octanol–water partition coefficient (Wildman–Crippen LogP) is 4.39. The van der Waals surface area contributed by atoms with Crippen molar-refractivity contribution >= 4 is 9.52 Å². The van der Waals surface area contributed by atoms with Crippen LogP contribution in [0.5, 0.6) is 0 Å². The van der Waals surface area contributed by atoms with Crippen molar-refractivity contribution in [2.45, 2.75) is 77.3 Å². The van der Waals surface area contributed by atoms with E-state index in [9.17, 15) is 0 Å². The molecule has 0 N–H and O–H groups in total. The Balaban J connectivity index is 2.00. The highest BCUT2D eigenvalue weighted by atomic mass is 28.2. The number of piperidine rings is 1. The highest BCUT2D eigenvalue weighted by Crippen LogP contribution is 2.13. The molecule has 0 unspecified atom stereocenters. The third kappa shape index (κ3) is 8.64. The molecule has 112 valence electrons. The molecule has 1 nitrogen and oxygen atoms in total. The highest BCUT2D eigenvalue weighted by molar-refractivity contribution is 6.36. The second-order valence-electron chi connectivity index (χ2n) is 6.11. The lowest BCUT2D eigenvalue weighted by Crippen LogP contribution is -2.30. The molecule has 1 aliphatic heterocycles. The normalized spacial score (nSPS) is 17.2. The zero-order valence-electron chi connectivity index (χ0n) is 13.4. The largest absolute Gasteiger partial charge is 0.303 e. The van der Waals surface area contributed by atoms with E-state index in [2.05, 4.69) is 24.8 Å². The van der Waals surface area contributed by atoms with Crippen molar-refractivity contribution in [3.63, 3.8) is 0 Å². The van der Waals surface area contributed by atoms with Gasteiger partial charge in [0.2, 0.25) is 0 Å². The van der Waals surface area contributed by atoms with Gasteiger partial charge in [0.25, 0.3) is 0 Å². The molecule has 1 heterocycles. The first-order chi connectivity index (χ1) is 9.36. The van der Waals surface area contributed by atoms with Crippen LogP contribution in [0.2, 0.25) is 12.1 Å². The van der Waals surface area contributed by atoms with Crippen LogP contribution in [0, 0.1) is 0 Å². The summed E-state index contributed by atoms with van der Waals surface area (Å²) in [6.45, 7) is 8.74. The van der Waals surface area contributed by atoms with E-state index in [1.54, 1.807) is 11.6 Å². The molecule has 0 amide bonds. The third-order valence-electron chi connectivity index (χ3n) is 4.20. The maximum absolute atomic E-state index is 2.69. The fourth-order valence-electron chi connectivity index (χ4n) is 3.12. The molecule has 19 heavy (non-hydrogen) atoms. The molecule has 0 aromatic rings. The Labute approximate surface area is 123 Å². The van der Waals surface area contributed by atoms with Gasteiger partial charge in [0.15, 0.2) is 0 Å². The van der Waals surface area contributed by atoms with Crippen LogP contribution in [0.25, 0.3) is 0 Å². The van der Waals surface area contributed by atoms with Gasteiger partial charge in [0.05, 0.1) is 0 Å². The van der Waals surface area contributed by atoms with Crippen molar-refractivity contribution in [2.24, 2.45) is 0 Å². The molecule has 1 fully saturated rings.